The van der Waals surface area contributed by atoms with E-state index < -0.39 is 0 Å². The molecule has 0 spiro atoms. The molecular formula is C17H21Cl2N3O. The number of rotatable bonds is 5. The minimum Gasteiger partial charge on any atom is -0.371 e. The molecule has 1 aliphatic heterocycles. The fraction of sp³-hybridized carbons (Fsp3) is 0.471. The van der Waals surface area contributed by atoms with Gasteiger partial charge in [-0.15, -0.1) is 0 Å². The van der Waals surface area contributed by atoms with Crippen molar-refractivity contribution in [3.63, 3.8) is 0 Å². The molecule has 6 heteroatoms. The molecule has 0 radical (unpaired) electrons. The fourth-order valence-corrected chi connectivity index (χ4v) is 3.20. The summed E-state index contributed by atoms with van der Waals surface area (Å²) < 4.78 is 8.14. The highest BCUT2D eigenvalue weighted by atomic mass is 35.5. The molecule has 0 saturated carbocycles. The lowest BCUT2D eigenvalue weighted by Gasteiger charge is -2.33. The van der Waals surface area contributed by atoms with E-state index in [9.17, 15) is 0 Å². The molecule has 0 aliphatic carbocycles. The van der Waals surface area contributed by atoms with Crippen LogP contribution in [0, 0.1) is 0 Å². The SMILES string of the molecule is CCCn1ccnc1CN1CCO[C@@H](c2ccc(Cl)c(Cl)c2)C1. The van der Waals surface area contributed by atoms with Crippen molar-refractivity contribution in [2.45, 2.75) is 32.5 Å². The Bertz CT molecular complexity index is 659. The number of halogens is 2. The van der Waals surface area contributed by atoms with Crippen molar-refractivity contribution in [2.24, 2.45) is 0 Å². The topological polar surface area (TPSA) is 30.3 Å². The molecule has 1 fully saturated rings. The Morgan fingerprint density at radius 2 is 2.17 bits per heavy atom. The first-order valence-corrected chi connectivity index (χ1v) is 8.72. The maximum absolute atomic E-state index is 6.13. The molecule has 1 atom stereocenters. The average Bonchev–Trinajstić information content (AvgIpc) is 2.98. The van der Waals surface area contributed by atoms with Crippen LogP contribution in [0.2, 0.25) is 10.0 Å². The van der Waals surface area contributed by atoms with Gasteiger partial charge in [-0.25, -0.2) is 4.98 Å². The van der Waals surface area contributed by atoms with E-state index in [0.717, 1.165) is 44.0 Å². The second-order valence-electron chi connectivity index (χ2n) is 5.80. The Labute approximate surface area is 147 Å². The highest BCUT2D eigenvalue weighted by Crippen LogP contribution is 2.29. The molecule has 0 bridgehead atoms. The van der Waals surface area contributed by atoms with Gasteiger partial charge >= 0.3 is 0 Å². The van der Waals surface area contributed by atoms with Crippen LogP contribution in [0.5, 0.6) is 0 Å². The number of aromatic nitrogens is 2. The average molecular weight is 354 g/mol. The Hall–Kier alpha value is -1.07. The van der Waals surface area contributed by atoms with Crippen LogP contribution in [0.4, 0.5) is 0 Å². The Kier molecular flexibility index (Phi) is 5.59. The van der Waals surface area contributed by atoms with Gasteiger partial charge in [-0.2, -0.15) is 0 Å². The molecular weight excluding hydrogens is 333 g/mol. The van der Waals surface area contributed by atoms with E-state index in [-0.39, 0.29) is 6.10 Å². The normalized spacial score (nSPS) is 19.2. The number of hydrogen-bond acceptors (Lipinski definition) is 3. The summed E-state index contributed by atoms with van der Waals surface area (Å²) in [6.45, 7) is 6.48. The van der Waals surface area contributed by atoms with Crippen LogP contribution in [-0.4, -0.2) is 34.1 Å². The number of aryl methyl sites for hydroxylation is 1. The Morgan fingerprint density at radius 3 is 2.96 bits per heavy atom. The molecule has 4 nitrogen and oxygen atoms in total. The summed E-state index contributed by atoms with van der Waals surface area (Å²) in [6, 6.07) is 5.71. The van der Waals surface area contributed by atoms with Crippen LogP contribution in [0.15, 0.2) is 30.6 Å². The van der Waals surface area contributed by atoms with Crippen molar-refractivity contribution in [3.05, 3.63) is 52.0 Å². The summed E-state index contributed by atoms with van der Waals surface area (Å²) in [5.74, 6) is 1.11. The van der Waals surface area contributed by atoms with Crippen molar-refractivity contribution in [1.82, 2.24) is 14.5 Å². The van der Waals surface area contributed by atoms with Crippen LogP contribution in [0.1, 0.15) is 30.8 Å². The molecule has 1 aromatic heterocycles. The second-order valence-corrected chi connectivity index (χ2v) is 6.62. The van der Waals surface area contributed by atoms with Crippen molar-refractivity contribution < 1.29 is 4.74 Å². The van der Waals surface area contributed by atoms with Gasteiger partial charge in [0.25, 0.3) is 0 Å². The zero-order chi connectivity index (χ0) is 16.2. The third-order valence-electron chi connectivity index (χ3n) is 4.10. The summed E-state index contributed by atoms with van der Waals surface area (Å²) in [7, 11) is 0. The maximum Gasteiger partial charge on any atom is 0.122 e. The minimum absolute atomic E-state index is 0.0214. The van der Waals surface area contributed by atoms with Gasteiger partial charge in [0.2, 0.25) is 0 Å². The molecule has 1 aromatic carbocycles. The molecule has 23 heavy (non-hydrogen) atoms. The number of nitrogens with zero attached hydrogens (tertiary/aromatic N) is 3. The monoisotopic (exact) mass is 353 g/mol. The fourth-order valence-electron chi connectivity index (χ4n) is 2.90. The molecule has 1 aliphatic rings. The van der Waals surface area contributed by atoms with Crippen LogP contribution in [-0.2, 0) is 17.8 Å². The smallest absolute Gasteiger partial charge is 0.122 e. The highest BCUT2D eigenvalue weighted by molar-refractivity contribution is 6.42. The van der Waals surface area contributed by atoms with Gasteiger partial charge in [0, 0.05) is 32.0 Å². The van der Waals surface area contributed by atoms with Crippen molar-refractivity contribution in [1.29, 1.82) is 0 Å². The molecule has 0 amide bonds. The van der Waals surface area contributed by atoms with Gasteiger partial charge in [-0.1, -0.05) is 36.2 Å². The lowest BCUT2D eigenvalue weighted by atomic mass is 10.1. The van der Waals surface area contributed by atoms with Crippen LogP contribution in [0.3, 0.4) is 0 Å². The van der Waals surface area contributed by atoms with Gasteiger partial charge in [0.15, 0.2) is 0 Å². The first kappa shape index (κ1) is 16.8. The van der Waals surface area contributed by atoms with Gasteiger partial charge < -0.3 is 9.30 Å². The molecule has 124 valence electrons. The Morgan fingerprint density at radius 1 is 1.30 bits per heavy atom. The van der Waals surface area contributed by atoms with Gasteiger partial charge in [0.05, 0.1) is 29.3 Å². The maximum atomic E-state index is 6.13. The lowest BCUT2D eigenvalue weighted by Crippen LogP contribution is -2.38. The number of ether oxygens (including phenoxy) is 1. The van der Waals surface area contributed by atoms with Gasteiger partial charge in [0.1, 0.15) is 5.82 Å². The zero-order valence-electron chi connectivity index (χ0n) is 13.2. The quantitative estimate of drug-likeness (QED) is 0.807. The molecule has 1 saturated heterocycles. The highest BCUT2D eigenvalue weighted by Gasteiger charge is 2.23. The molecule has 2 aromatic rings. The predicted octanol–water partition coefficient (Wildman–Crippen LogP) is 4.17. The first-order valence-electron chi connectivity index (χ1n) is 7.96. The predicted molar refractivity (Wildman–Crippen MR) is 93.0 cm³/mol. The van der Waals surface area contributed by atoms with E-state index in [1.54, 1.807) is 0 Å². The number of hydrogen-bond donors (Lipinski definition) is 0. The van der Waals surface area contributed by atoms with E-state index in [1.165, 1.54) is 0 Å². The summed E-state index contributed by atoms with van der Waals surface area (Å²) >= 11 is 12.1. The van der Waals surface area contributed by atoms with Crippen molar-refractivity contribution in [3.8, 4) is 0 Å². The van der Waals surface area contributed by atoms with E-state index in [4.69, 9.17) is 27.9 Å². The van der Waals surface area contributed by atoms with Crippen LogP contribution < -0.4 is 0 Å². The summed E-state index contributed by atoms with van der Waals surface area (Å²) in [6.07, 6.45) is 5.06. The van der Waals surface area contributed by atoms with Crippen molar-refractivity contribution >= 4 is 23.2 Å². The lowest BCUT2D eigenvalue weighted by molar-refractivity contribution is -0.0339. The second kappa shape index (κ2) is 7.67. The number of imidazole rings is 1. The van der Waals surface area contributed by atoms with Gasteiger partial charge in [-0.3, -0.25) is 4.90 Å². The third kappa shape index (κ3) is 4.07. The Balaban J connectivity index is 1.68. The van der Waals surface area contributed by atoms with Crippen LogP contribution in [0.25, 0.3) is 0 Å². The molecule has 3 rings (SSSR count). The van der Waals surface area contributed by atoms with E-state index in [2.05, 4.69) is 27.6 Å². The van der Waals surface area contributed by atoms with Gasteiger partial charge in [-0.05, 0) is 24.1 Å². The largest absolute Gasteiger partial charge is 0.371 e. The van der Waals surface area contributed by atoms with Crippen LogP contribution >= 0.6 is 23.2 Å². The van der Waals surface area contributed by atoms with Crippen molar-refractivity contribution in [2.75, 3.05) is 19.7 Å². The molecule has 2 heterocycles. The van der Waals surface area contributed by atoms with E-state index in [1.807, 2.05) is 24.4 Å². The standard InChI is InChI=1S/C17H21Cl2N3O/c1-2-6-22-7-5-20-17(22)12-21-8-9-23-16(11-21)13-3-4-14(18)15(19)10-13/h3-5,7,10,16H,2,6,8-9,11-12H2,1H3/t16-/m1/s1. The number of morpholine rings is 1. The van der Waals surface area contributed by atoms with E-state index >= 15 is 0 Å². The third-order valence-corrected chi connectivity index (χ3v) is 4.84. The molecule has 0 N–H and O–H groups in total. The number of benzene rings is 1. The minimum atomic E-state index is 0.0214. The summed E-state index contributed by atoms with van der Waals surface area (Å²) in [5.41, 5.74) is 1.07. The first-order chi connectivity index (χ1) is 11.2. The van der Waals surface area contributed by atoms with E-state index in [0.29, 0.717) is 16.7 Å². The zero-order valence-corrected chi connectivity index (χ0v) is 14.7. The summed E-state index contributed by atoms with van der Waals surface area (Å²) in [5, 5.41) is 1.15. The molecule has 0 unspecified atom stereocenters. The summed E-state index contributed by atoms with van der Waals surface area (Å²) in [4.78, 5) is 6.87.